The first-order valence-corrected chi connectivity index (χ1v) is 7.84. The van der Waals surface area contributed by atoms with Crippen LogP contribution in [0.25, 0.3) is 16.5 Å². The summed E-state index contributed by atoms with van der Waals surface area (Å²) in [5.41, 5.74) is 3.69. The lowest BCUT2D eigenvalue weighted by Gasteiger charge is -2.40. The third-order valence-electron chi connectivity index (χ3n) is 5.03. The third-order valence-corrected chi connectivity index (χ3v) is 5.03. The maximum Gasteiger partial charge on any atom is 0.230 e. The van der Waals surface area contributed by atoms with Crippen molar-refractivity contribution in [3.05, 3.63) is 41.6 Å². The highest BCUT2D eigenvalue weighted by Crippen LogP contribution is 2.40. The van der Waals surface area contributed by atoms with Crippen LogP contribution in [-0.2, 0) is 11.2 Å². The quantitative estimate of drug-likeness (QED) is 0.938. The van der Waals surface area contributed by atoms with Gasteiger partial charge in [0.1, 0.15) is 0 Å². The molecule has 2 atom stereocenters. The van der Waals surface area contributed by atoms with E-state index < -0.39 is 38.5 Å². The molecule has 126 valence electrons. The van der Waals surface area contributed by atoms with Crippen LogP contribution in [0.3, 0.4) is 0 Å². The van der Waals surface area contributed by atoms with Crippen LogP contribution in [-0.4, -0.2) is 53.3 Å². The van der Waals surface area contributed by atoms with Gasteiger partial charge in [-0.3, -0.25) is 9.69 Å². The second kappa shape index (κ2) is 5.78. The smallest absolute Gasteiger partial charge is 0.230 e. The average Bonchev–Trinajstić information content (AvgIpc) is 3.11. The zero-order chi connectivity index (χ0) is 25.4. The Kier molecular flexibility index (Phi) is 1.90. The predicted molar refractivity (Wildman–Crippen MR) is 97.8 cm³/mol. The minimum absolute atomic E-state index is 0.0490. The van der Waals surface area contributed by atoms with E-state index in [0.717, 1.165) is 27.6 Å². The van der Waals surface area contributed by atoms with Gasteiger partial charge in [0, 0.05) is 56.4 Å². The molecule has 2 heterocycles. The van der Waals surface area contributed by atoms with Gasteiger partial charge in [-0.2, -0.15) is 0 Å². The minimum atomic E-state index is -3.56. The van der Waals surface area contributed by atoms with Crippen molar-refractivity contribution in [1.82, 2.24) is 14.8 Å². The molecular weight excluding hydrogens is 298 g/mol. The number of carbonyl (C=O) groups is 1. The molecule has 0 radical (unpaired) electrons. The minimum Gasteiger partial charge on any atom is -0.361 e. The molecule has 1 aromatic carbocycles. The zero-order valence-electron chi connectivity index (χ0n) is 23.3. The predicted octanol–water partition coefficient (Wildman–Crippen LogP) is 2.91. The lowest BCUT2D eigenvalue weighted by molar-refractivity contribution is -0.134. The Morgan fingerprint density at radius 1 is 1.46 bits per heavy atom. The largest absolute Gasteiger partial charge is 0.361 e. The molecule has 0 saturated heterocycles. The van der Waals surface area contributed by atoms with E-state index in [9.17, 15) is 4.79 Å². The Balaban J connectivity index is 1.84. The van der Waals surface area contributed by atoms with E-state index in [1.54, 1.807) is 13.1 Å². The first-order valence-electron chi connectivity index (χ1n) is 12.8. The van der Waals surface area contributed by atoms with Gasteiger partial charge in [0.2, 0.25) is 5.91 Å². The fourth-order valence-electron chi connectivity index (χ4n) is 3.91. The highest BCUT2D eigenvalue weighted by molar-refractivity contribution is 5.99. The summed E-state index contributed by atoms with van der Waals surface area (Å²) in [5, 5.41) is 0.999. The molecule has 24 heavy (non-hydrogen) atoms. The lowest BCUT2D eigenvalue weighted by Crippen LogP contribution is -2.47. The molecule has 0 saturated carbocycles. The lowest BCUT2D eigenvalue weighted by atomic mass is 9.79. The van der Waals surface area contributed by atoms with Crippen LogP contribution in [0, 0.1) is 5.92 Å². The molecule has 1 N–H and O–H groups in total. The van der Waals surface area contributed by atoms with Gasteiger partial charge in [0.25, 0.3) is 0 Å². The van der Waals surface area contributed by atoms with Crippen LogP contribution in [0.15, 0.2) is 30.5 Å². The summed E-state index contributed by atoms with van der Waals surface area (Å²) in [4.78, 5) is 18.5. The molecule has 1 amide bonds. The first kappa shape index (κ1) is 7.87. The van der Waals surface area contributed by atoms with E-state index in [1.165, 1.54) is 0 Å². The number of fused-ring (bicyclic) bond motifs is 2. The van der Waals surface area contributed by atoms with Gasteiger partial charge in [0.05, 0.1) is 5.92 Å². The molecule has 4 rings (SSSR count). The fourth-order valence-corrected chi connectivity index (χ4v) is 3.91. The van der Waals surface area contributed by atoms with Crippen molar-refractivity contribution in [3.8, 4) is 0 Å². The Hall–Kier alpha value is -2.07. The van der Waals surface area contributed by atoms with Crippen LogP contribution in [0.5, 0.6) is 0 Å². The van der Waals surface area contributed by atoms with E-state index in [1.807, 2.05) is 29.3 Å². The number of benzene rings is 1. The summed E-state index contributed by atoms with van der Waals surface area (Å²) < 4.78 is 77.8. The third kappa shape index (κ3) is 2.20. The number of aromatic amines is 1. The normalized spacial score (nSPS) is 31.5. The number of likely N-dealkylation sites (N-methyl/N-ethyl adjacent to an activating group) is 1. The number of hydrogen-bond donors (Lipinski definition) is 1. The second-order valence-electron chi connectivity index (χ2n) is 6.33. The number of hydrogen-bond acceptors (Lipinski definition) is 2. The number of nitrogens with zero attached hydrogens (tertiary/aromatic N) is 2. The van der Waals surface area contributed by atoms with Crippen molar-refractivity contribution in [2.45, 2.75) is 26.2 Å². The molecule has 2 unspecified atom stereocenters. The van der Waals surface area contributed by atoms with Gasteiger partial charge in [-0.15, -0.1) is 0 Å². The molecule has 1 aliphatic heterocycles. The van der Waals surface area contributed by atoms with Crippen molar-refractivity contribution in [1.29, 1.82) is 0 Å². The fraction of sp³-hybridized carbons (Fsp3) is 0.450. The number of aromatic nitrogens is 1. The number of rotatable bonds is 3. The van der Waals surface area contributed by atoms with Crippen molar-refractivity contribution in [3.63, 3.8) is 0 Å². The molecule has 4 heteroatoms. The van der Waals surface area contributed by atoms with E-state index in [-0.39, 0.29) is 17.5 Å². The average molecular weight is 334 g/mol. The molecule has 0 bridgehead atoms. The number of carbonyl (C=O) groups excluding carboxylic acids is 1. The molecular formula is C20H25N3O. The summed E-state index contributed by atoms with van der Waals surface area (Å²) >= 11 is 0. The van der Waals surface area contributed by atoms with Crippen molar-refractivity contribution < 1.29 is 18.5 Å². The molecule has 0 fully saturated rings. The molecule has 1 aromatic heterocycles. The summed E-state index contributed by atoms with van der Waals surface area (Å²) in [5.74, 6) is -2.38. The number of nitrogens with one attached hydrogen (secondary N) is 1. The molecule has 2 aromatic rings. The molecule has 2 aliphatic rings. The van der Waals surface area contributed by atoms with Crippen LogP contribution in [0.1, 0.15) is 38.5 Å². The van der Waals surface area contributed by atoms with Crippen LogP contribution in [0.4, 0.5) is 0 Å². The summed E-state index contributed by atoms with van der Waals surface area (Å²) in [6, 6.07) is 5.60. The number of H-pyrrole nitrogens is 1. The van der Waals surface area contributed by atoms with Crippen molar-refractivity contribution in [2.24, 2.45) is 5.92 Å². The van der Waals surface area contributed by atoms with E-state index in [2.05, 4.69) is 4.98 Å². The second-order valence-corrected chi connectivity index (χ2v) is 6.33. The topological polar surface area (TPSA) is 39.3 Å². The Morgan fingerprint density at radius 3 is 3.08 bits per heavy atom. The van der Waals surface area contributed by atoms with Crippen LogP contribution < -0.4 is 0 Å². The van der Waals surface area contributed by atoms with Gasteiger partial charge in [0.15, 0.2) is 0 Å². The monoisotopic (exact) mass is 333 g/mol. The maximum atomic E-state index is 13.6. The van der Waals surface area contributed by atoms with E-state index in [0.29, 0.717) is 6.42 Å². The Morgan fingerprint density at radius 2 is 2.29 bits per heavy atom. The molecule has 0 spiro atoms. The number of amides is 1. The van der Waals surface area contributed by atoms with Gasteiger partial charge in [-0.25, -0.2) is 0 Å². The van der Waals surface area contributed by atoms with Gasteiger partial charge < -0.3 is 9.88 Å². The summed E-state index contributed by atoms with van der Waals surface area (Å²) in [7, 11) is 1.77. The Bertz CT molecular complexity index is 1140. The zero-order valence-corrected chi connectivity index (χ0v) is 13.3. The van der Waals surface area contributed by atoms with E-state index in [4.69, 9.17) is 13.7 Å². The standard InChI is InChI=1S/C20H25N3O/c1-4-23(5-2)20(24)14-9-16-15-7-6-8-17-19(15)13(11-21-17)10-18(16)22(3)12-14/h6-9,11,14,18,21H,4-5,10,12H2,1-3H3/i1D3,2D3,4D2,5D2. The van der Waals surface area contributed by atoms with Crippen molar-refractivity contribution >= 4 is 22.4 Å². The van der Waals surface area contributed by atoms with Gasteiger partial charge in [-0.05, 0) is 49.9 Å². The Labute approximate surface area is 157 Å². The first-order chi connectivity index (χ1) is 15.5. The van der Waals surface area contributed by atoms with Crippen molar-refractivity contribution in [2.75, 3.05) is 26.6 Å². The van der Waals surface area contributed by atoms with Gasteiger partial charge >= 0.3 is 0 Å². The maximum absolute atomic E-state index is 13.6. The SMILES string of the molecule is [2H]C([2H])([2H])C([2H])([2H])N(C(=O)C1C=C2c3cccc4[nH]cc(c34)CC2N(C)C1)C([2H])([2H])C([2H])([2H])[2H]. The van der Waals surface area contributed by atoms with Gasteiger partial charge in [-0.1, -0.05) is 18.2 Å². The highest BCUT2D eigenvalue weighted by atomic mass is 16.2. The molecule has 4 nitrogen and oxygen atoms in total. The van der Waals surface area contributed by atoms with Crippen LogP contribution in [0.2, 0.25) is 0 Å². The van der Waals surface area contributed by atoms with Crippen LogP contribution >= 0.6 is 0 Å². The summed E-state index contributed by atoms with van der Waals surface area (Å²) in [6.07, 6.45) is 4.21. The molecule has 1 aliphatic carbocycles. The summed E-state index contributed by atoms with van der Waals surface area (Å²) in [6.45, 7) is -14.0. The highest BCUT2D eigenvalue weighted by Gasteiger charge is 2.36. The van der Waals surface area contributed by atoms with E-state index >= 15 is 0 Å².